The van der Waals surface area contributed by atoms with Crippen molar-refractivity contribution in [3.05, 3.63) is 35.4 Å². The minimum absolute atomic E-state index is 0.0439. The molecule has 0 bridgehead atoms. The molecule has 2 rings (SSSR count). The summed E-state index contributed by atoms with van der Waals surface area (Å²) >= 11 is 0. The van der Waals surface area contributed by atoms with Crippen LogP contribution in [-0.2, 0) is 16.6 Å². The molecule has 0 fully saturated rings. The third kappa shape index (κ3) is 1.65. The highest BCUT2D eigenvalue weighted by molar-refractivity contribution is 5.73. The van der Waals surface area contributed by atoms with Crippen LogP contribution in [0.25, 0.3) is 0 Å². The molecule has 2 heteroatoms. The van der Waals surface area contributed by atoms with E-state index in [1.54, 1.807) is 6.92 Å². The van der Waals surface area contributed by atoms with Crippen LogP contribution in [0.5, 0.6) is 0 Å². The molecule has 1 N–H and O–H groups in total. The van der Waals surface area contributed by atoms with Crippen molar-refractivity contribution < 1.29 is 4.79 Å². The Bertz CT molecular complexity index is 395. The molecule has 0 aromatic heterocycles. The SMILES string of the molecule is CC(=O)NC1Cc2ccccc2C1(C)C. The number of carbonyl (C=O) groups excluding carboxylic acids is 1. The number of hydrogen-bond donors (Lipinski definition) is 1. The van der Waals surface area contributed by atoms with Gasteiger partial charge in [0.25, 0.3) is 0 Å². The first-order valence-electron chi connectivity index (χ1n) is 5.37. The second-order valence-corrected chi connectivity index (χ2v) is 4.84. The zero-order valence-electron chi connectivity index (χ0n) is 9.50. The fourth-order valence-corrected chi connectivity index (χ4v) is 2.47. The number of carbonyl (C=O) groups is 1. The third-order valence-electron chi connectivity index (χ3n) is 3.38. The van der Waals surface area contributed by atoms with Gasteiger partial charge in [-0.3, -0.25) is 4.79 Å². The molecule has 1 aliphatic rings. The molecule has 1 unspecified atom stereocenters. The molecule has 0 spiro atoms. The van der Waals surface area contributed by atoms with Gasteiger partial charge in [-0.05, 0) is 17.5 Å². The van der Waals surface area contributed by atoms with E-state index >= 15 is 0 Å². The van der Waals surface area contributed by atoms with Crippen molar-refractivity contribution in [2.75, 3.05) is 0 Å². The Labute approximate surface area is 90.7 Å². The average Bonchev–Trinajstić information content (AvgIpc) is 2.39. The normalized spacial score (nSPS) is 22.2. The van der Waals surface area contributed by atoms with Crippen LogP contribution in [0.15, 0.2) is 24.3 Å². The number of benzene rings is 1. The first kappa shape index (κ1) is 10.2. The summed E-state index contributed by atoms with van der Waals surface area (Å²) in [7, 11) is 0. The number of nitrogens with one attached hydrogen (secondary N) is 1. The maximum absolute atomic E-state index is 11.1. The van der Waals surface area contributed by atoms with E-state index in [1.165, 1.54) is 11.1 Å². The number of fused-ring (bicyclic) bond motifs is 1. The van der Waals surface area contributed by atoms with Crippen LogP contribution in [0.4, 0.5) is 0 Å². The summed E-state index contributed by atoms with van der Waals surface area (Å²) in [6, 6.07) is 8.67. The number of rotatable bonds is 1. The van der Waals surface area contributed by atoms with Crippen molar-refractivity contribution >= 4 is 5.91 Å². The van der Waals surface area contributed by atoms with E-state index < -0.39 is 0 Å². The minimum Gasteiger partial charge on any atom is -0.352 e. The number of hydrogen-bond acceptors (Lipinski definition) is 1. The highest BCUT2D eigenvalue weighted by Crippen LogP contribution is 2.38. The molecule has 1 aliphatic carbocycles. The van der Waals surface area contributed by atoms with E-state index in [0.29, 0.717) is 0 Å². The molecule has 0 saturated carbocycles. The lowest BCUT2D eigenvalue weighted by atomic mass is 9.83. The topological polar surface area (TPSA) is 29.1 Å². The second-order valence-electron chi connectivity index (χ2n) is 4.84. The fourth-order valence-electron chi connectivity index (χ4n) is 2.47. The van der Waals surface area contributed by atoms with Crippen LogP contribution in [0.2, 0.25) is 0 Å². The third-order valence-corrected chi connectivity index (χ3v) is 3.38. The maximum atomic E-state index is 11.1. The van der Waals surface area contributed by atoms with E-state index in [0.717, 1.165) is 6.42 Å². The summed E-state index contributed by atoms with van der Waals surface area (Å²) in [6.45, 7) is 5.97. The van der Waals surface area contributed by atoms with Crippen molar-refractivity contribution in [1.29, 1.82) is 0 Å². The van der Waals surface area contributed by atoms with Gasteiger partial charge in [0.1, 0.15) is 0 Å². The zero-order valence-corrected chi connectivity index (χ0v) is 9.50. The van der Waals surface area contributed by atoms with Crippen molar-refractivity contribution in [2.24, 2.45) is 0 Å². The Morgan fingerprint density at radius 3 is 2.67 bits per heavy atom. The van der Waals surface area contributed by atoms with E-state index in [2.05, 4.69) is 43.4 Å². The maximum Gasteiger partial charge on any atom is 0.217 e. The summed E-state index contributed by atoms with van der Waals surface area (Å²) in [4.78, 5) is 11.1. The lowest BCUT2D eigenvalue weighted by molar-refractivity contribution is -0.120. The summed E-state index contributed by atoms with van der Waals surface area (Å²) < 4.78 is 0. The Kier molecular flexibility index (Phi) is 2.29. The van der Waals surface area contributed by atoms with E-state index in [-0.39, 0.29) is 17.4 Å². The van der Waals surface area contributed by atoms with Gasteiger partial charge in [0.05, 0.1) is 0 Å². The minimum atomic E-state index is 0.0439. The van der Waals surface area contributed by atoms with Crippen LogP contribution in [-0.4, -0.2) is 11.9 Å². The van der Waals surface area contributed by atoms with E-state index in [9.17, 15) is 4.79 Å². The van der Waals surface area contributed by atoms with Gasteiger partial charge < -0.3 is 5.32 Å². The van der Waals surface area contributed by atoms with Crippen LogP contribution >= 0.6 is 0 Å². The molecule has 0 radical (unpaired) electrons. The quantitative estimate of drug-likeness (QED) is 0.743. The summed E-state index contributed by atoms with van der Waals surface area (Å²) in [5.74, 6) is 0.0564. The van der Waals surface area contributed by atoms with Crippen LogP contribution < -0.4 is 5.32 Å². The molecular weight excluding hydrogens is 186 g/mol. The summed E-state index contributed by atoms with van der Waals surface area (Å²) in [5, 5.41) is 3.04. The molecule has 0 aliphatic heterocycles. The summed E-state index contributed by atoms with van der Waals surface area (Å²) in [5.41, 5.74) is 2.77. The Balaban J connectivity index is 2.34. The molecule has 1 atom stereocenters. The lowest BCUT2D eigenvalue weighted by Gasteiger charge is -2.28. The molecule has 1 aromatic rings. The monoisotopic (exact) mass is 203 g/mol. The molecule has 15 heavy (non-hydrogen) atoms. The molecular formula is C13H17NO. The molecule has 0 saturated heterocycles. The standard InChI is InChI=1S/C13H17NO/c1-9(15)14-12-8-10-6-4-5-7-11(10)13(12,2)3/h4-7,12H,8H2,1-3H3,(H,14,15). The van der Waals surface area contributed by atoms with Crippen molar-refractivity contribution in [3.63, 3.8) is 0 Å². The first-order chi connectivity index (χ1) is 7.01. The molecule has 1 aromatic carbocycles. The fraction of sp³-hybridized carbons (Fsp3) is 0.462. The van der Waals surface area contributed by atoms with Gasteiger partial charge in [-0.1, -0.05) is 38.1 Å². The predicted molar refractivity (Wildman–Crippen MR) is 60.8 cm³/mol. The van der Waals surface area contributed by atoms with Crippen LogP contribution in [0.1, 0.15) is 31.9 Å². The number of amides is 1. The Morgan fingerprint density at radius 1 is 1.40 bits per heavy atom. The Hall–Kier alpha value is -1.31. The highest BCUT2D eigenvalue weighted by atomic mass is 16.1. The van der Waals surface area contributed by atoms with Gasteiger partial charge in [-0.25, -0.2) is 0 Å². The van der Waals surface area contributed by atoms with Gasteiger partial charge in [-0.15, -0.1) is 0 Å². The van der Waals surface area contributed by atoms with Gasteiger partial charge >= 0.3 is 0 Å². The van der Waals surface area contributed by atoms with Crippen molar-refractivity contribution in [1.82, 2.24) is 5.32 Å². The van der Waals surface area contributed by atoms with Gasteiger partial charge in [0.2, 0.25) is 5.91 Å². The van der Waals surface area contributed by atoms with Crippen molar-refractivity contribution in [2.45, 2.75) is 38.6 Å². The molecule has 2 nitrogen and oxygen atoms in total. The Morgan fingerprint density at radius 2 is 2.07 bits per heavy atom. The second kappa shape index (κ2) is 3.37. The molecule has 1 amide bonds. The van der Waals surface area contributed by atoms with Gasteiger partial charge in [0, 0.05) is 18.4 Å². The smallest absolute Gasteiger partial charge is 0.217 e. The zero-order chi connectivity index (χ0) is 11.1. The predicted octanol–water partition coefficient (Wildman–Crippen LogP) is 2.02. The van der Waals surface area contributed by atoms with Crippen LogP contribution in [0.3, 0.4) is 0 Å². The first-order valence-corrected chi connectivity index (χ1v) is 5.37. The van der Waals surface area contributed by atoms with Crippen LogP contribution in [0, 0.1) is 0 Å². The van der Waals surface area contributed by atoms with E-state index in [4.69, 9.17) is 0 Å². The molecule has 0 heterocycles. The van der Waals surface area contributed by atoms with Crippen molar-refractivity contribution in [3.8, 4) is 0 Å². The largest absolute Gasteiger partial charge is 0.352 e. The summed E-state index contributed by atoms with van der Waals surface area (Å²) in [6.07, 6.45) is 0.947. The highest BCUT2D eigenvalue weighted by Gasteiger charge is 2.39. The van der Waals surface area contributed by atoms with E-state index in [1.807, 2.05) is 0 Å². The van der Waals surface area contributed by atoms with Gasteiger partial charge in [-0.2, -0.15) is 0 Å². The lowest BCUT2D eigenvalue weighted by Crippen LogP contribution is -2.44. The van der Waals surface area contributed by atoms with Gasteiger partial charge in [0.15, 0.2) is 0 Å². The molecule has 80 valence electrons. The average molecular weight is 203 g/mol.